The molecule has 3 rings (SSSR count). The van der Waals surface area contributed by atoms with Crippen molar-refractivity contribution in [1.29, 1.82) is 0 Å². The van der Waals surface area contributed by atoms with E-state index in [1.807, 2.05) is 37.3 Å². The number of benzene rings is 2. The molecule has 4 heteroatoms. The predicted molar refractivity (Wildman–Crippen MR) is 79.1 cm³/mol. The number of carbonyl (C=O) groups is 1. The van der Waals surface area contributed by atoms with Gasteiger partial charge in [0, 0.05) is 17.2 Å². The van der Waals surface area contributed by atoms with Gasteiger partial charge in [-0.25, -0.2) is 4.79 Å². The van der Waals surface area contributed by atoms with Gasteiger partial charge in [0.15, 0.2) is 5.76 Å². The molecule has 21 heavy (non-hydrogen) atoms. The zero-order chi connectivity index (χ0) is 14.8. The minimum Gasteiger partial charge on any atom is -0.478 e. The molecule has 4 nitrogen and oxygen atoms in total. The molecule has 0 aliphatic carbocycles. The summed E-state index contributed by atoms with van der Waals surface area (Å²) in [5.74, 6) is -0.332. The van der Waals surface area contributed by atoms with Crippen LogP contribution in [-0.2, 0) is 0 Å². The van der Waals surface area contributed by atoms with Crippen LogP contribution in [0.1, 0.15) is 15.9 Å². The average molecular weight is 279 g/mol. The molecule has 0 saturated heterocycles. The fourth-order valence-corrected chi connectivity index (χ4v) is 2.05. The summed E-state index contributed by atoms with van der Waals surface area (Å²) in [7, 11) is 0. The van der Waals surface area contributed by atoms with Gasteiger partial charge in [-0.05, 0) is 19.1 Å². The monoisotopic (exact) mass is 279 g/mol. The zero-order valence-electron chi connectivity index (χ0n) is 11.4. The van der Waals surface area contributed by atoms with Gasteiger partial charge in [0.2, 0.25) is 0 Å². The van der Waals surface area contributed by atoms with Crippen LogP contribution in [0.5, 0.6) is 0 Å². The molecule has 3 aromatic rings. The van der Waals surface area contributed by atoms with Crippen LogP contribution in [0.4, 0.5) is 0 Å². The molecule has 0 saturated carbocycles. The van der Waals surface area contributed by atoms with Crippen LogP contribution < -0.4 is 0 Å². The number of hydrogen-bond acceptors (Lipinski definition) is 3. The van der Waals surface area contributed by atoms with Gasteiger partial charge in [-0.2, -0.15) is 0 Å². The van der Waals surface area contributed by atoms with Crippen molar-refractivity contribution >= 4 is 5.97 Å². The van der Waals surface area contributed by atoms with E-state index >= 15 is 0 Å². The summed E-state index contributed by atoms with van der Waals surface area (Å²) in [5.41, 5.74) is 3.97. The van der Waals surface area contributed by atoms with Gasteiger partial charge in [-0.15, -0.1) is 0 Å². The highest BCUT2D eigenvalue weighted by Gasteiger charge is 2.09. The standard InChI is InChI=1S/C17H13NO3/c1-11-2-4-12(5-3-11)15-10-16(21-18-15)13-6-8-14(9-7-13)17(19)20/h2-10H,1H3,(H,19,20). The van der Waals surface area contributed by atoms with E-state index in [2.05, 4.69) is 5.16 Å². The van der Waals surface area contributed by atoms with E-state index in [1.165, 1.54) is 5.56 Å². The van der Waals surface area contributed by atoms with Crippen LogP contribution in [0, 0.1) is 6.92 Å². The number of hydrogen-bond donors (Lipinski definition) is 1. The van der Waals surface area contributed by atoms with E-state index in [0.29, 0.717) is 5.76 Å². The van der Waals surface area contributed by atoms with E-state index < -0.39 is 5.97 Å². The maximum atomic E-state index is 10.8. The van der Waals surface area contributed by atoms with Gasteiger partial charge in [-0.3, -0.25) is 0 Å². The Morgan fingerprint density at radius 3 is 2.24 bits per heavy atom. The van der Waals surface area contributed by atoms with Crippen molar-refractivity contribution in [2.45, 2.75) is 6.92 Å². The second-order valence-corrected chi connectivity index (χ2v) is 4.82. The lowest BCUT2D eigenvalue weighted by Gasteiger charge is -1.97. The van der Waals surface area contributed by atoms with E-state index in [9.17, 15) is 4.79 Å². The van der Waals surface area contributed by atoms with Crippen LogP contribution in [0.3, 0.4) is 0 Å². The molecular formula is C17H13NO3. The number of nitrogens with zero attached hydrogens (tertiary/aromatic N) is 1. The maximum absolute atomic E-state index is 10.8. The number of carboxylic acids is 1. The fraction of sp³-hybridized carbons (Fsp3) is 0.0588. The van der Waals surface area contributed by atoms with E-state index in [1.54, 1.807) is 24.3 Å². The molecule has 1 N–H and O–H groups in total. The third-order valence-corrected chi connectivity index (χ3v) is 3.27. The second kappa shape index (κ2) is 5.25. The van der Waals surface area contributed by atoms with Gasteiger partial charge in [0.1, 0.15) is 5.69 Å². The highest BCUT2D eigenvalue weighted by atomic mass is 16.5. The van der Waals surface area contributed by atoms with Crippen molar-refractivity contribution in [1.82, 2.24) is 5.16 Å². The van der Waals surface area contributed by atoms with Crippen molar-refractivity contribution in [2.75, 3.05) is 0 Å². The third-order valence-electron chi connectivity index (χ3n) is 3.27. The molecule has 0 radical (unpaired) electrons. The highest BCUT2D eigenvalue weighted by Crippen LogP contribution is 2.26. The third kappa shape index (κ3) is 2.69. The summed E-state index contributed by atoms with van der Waals surface area (Å²) in [6, 6.07) is 16.4. The number of carboxylic acid groups (broad SMARTS) is 1. The van der Waals surface area contributed by atoms with Crippen LogP contribution in [-0.4, -0.2) is 16.2 Å². The summed E-state index contributed by atoms with van der Waals surface area (Å²) in [5, 5.41) is 12.9. The zero-order valence-corrected chi connectivity index (χ0v) is 11.4. The summed E-state index contributed by atoms with van der Waals surface area (Å²) >= 11 is 0. The number of aryl methyl sites for hydroxylation is 1. The van der Waals surface area contributed by atoms with Gasteiger partial charge < -0.3 is 9.63 Å². The lowest BCUT2D eigenvalue weighted by atomic mass is 10.1. The molecule has 0 unspecified atom stereocenters. The Bertz CT molecular complexity index is 771. The molecule has 0 bridgehead atoms. The Kier molecular flexibility index (Phi) is 3.28. The van der Waals surface area contributed by atoms with Gasteiger partial charge in [-0.1, -0.05) is 47.1 Å². The van der Waals surface area contributed by atoms with Crippen molar-refractivity contribution < 1.29 is 14.4 Å². The second-order valence-electron chi connectivity index (χ2n) is 4.82. The largest absolute Gasteiger partial charge is 0.478 e. The lowest BCUT2D eigenvalue weighted by molar-refractivity contribution is 0.0697. The van der Waals surface area contributed by atoms with Crippen LogP contribution in [0.2, 0.25) is 0 Å². The molecule has 1 aromatic heterocycles. The van der Waals surface area contributed by atoms with Crippen molar-refractivity contribution in [2.24, 2.45) is 0 Å². The Hall–Kier alpha value is -2.88. The molecule has 1 heterocycles. The number of rotatable bonds is 3. The van der Waals surface area contributed by atoms with E-state index in [0.717, 1.165) is 16.8 Å². The maximum Gasteiger partial charge on any atom is 0.335 e. The van der Waals surface area contributed by atoms with Crippen LogP contribution >= 0.6 is 0 Å². The van der Waals surface area contributed by atoms with Crippen LogP contribution in [0.15, 0.2) is 59.1 Å². The smallest absolute Gasteiger partial charge is 0.335 e. The Balaban J connectivity index is 1.90. The molecule has 2 aromatic carbocycles. The first kappa shape index (κ1) is 13.1. The molecule has 0 atom stereocenters. The first-order chi connectivity index (χ1) is 10.1. The predicted octanol–water partition coefficient (Wildman–Crippen LogP) is 4.02. The summed E-state index contributed by atoms with van der Waals surface area (Å²) < 4.78 is 5.34. The summed E-state index contributed by atoms with van der Waals surface area (Å²) in [6.07, 6.45) is 0. The molecule has 104 valence electrons. The molecule has 0 fully saturated rings. The van der Waals surface area contributed by atoms with Crippen LogP contribution in [0.25, 0.3) is 22.6 Å². The van der Waals surface area contributed by atoms with Gasteiger partial charge in [0.05, 0.1) is 5.56 Å². The Morgan fingerprint density at radius 2 is 1.62 bits per heavy atom. The summed E-state index contributed by atoms with van der Waals surface area (Å²) in [6.45, 7) is 2.03. The molecule has 0 aliphatic rings. The SMILES string of the molecule is Cc1ccc(-c2cc(-c3ccc(C(=O)O)cc3)on2)cc1. The molecule has 0 spiro atoms. The topological polar surface area (TPSA) is 63.3 Å². The quantitative estimate of drug-likeness (QED) is 0.786. The van der Waals surface area contributed by atoms with Crippen molar-refractivity contribution in [3.05, 3.63) is 65.7 Å². The number of aromatic nitrogens is 1. The van der Waals surface area contributed by atoms with Gasteiger partial charge in [0.25, 0.3) is 0 Å². The first-order valence-electron chi connectivity index (χ1n) is 6.51. The average Bonchev–Trinajstić information content (AvgIpc) is 2.98. The number of aromatic carboxylic acids is 1. The van der Waals surface area contributed by atoms with Crippen molar-refractivity contribution in [3.63, 3.8) is 0 Å². The van der Waals surface area contributed by atoms with Crippen molar-refractivity contribution in [3.8, 4) is 22.6 Å². The summed E-state index contributed by atoms with van der Waals surface area (Å²) in [4.78, 5) is 10.8. The highest BCUT2D eigenvalue weighted by molar-refractivity contribution is 5.88. The van der Waals surface area contributed by atoms with E-state index in [4.69, 9.17) is 9.63 Å². The minimum atomic E-state index is -0.945. The Morgan fingerprint density at radius 1 is 1.00 bits per heavy atom. The lowest BCUT2D eigenvalue weighted by Crippen LogP contribution is -1.94. The molecule has 0 aliphatic heterocycles. The normalized spacial score (nSPS) is 10.5. The van der Waals surface area contributed by atoms with Gasteiger partial charge >= 0.3 is 5.97 Å². The van der Waals surface area contributed by atoms with E-state index in [-0.39, 0.29) is 5.56 Å². The first-order valence-corrected chi connectivity index (χ1v) is 6.51. The Labute approximate surface area is 121 Å². The fourth-order valence-electron chi connectivity index (χ4n) is 2.05. The minimum absolute atomic E-state index is 0.247. The molecule has 0 amide bonds. The molecular weight excluding hydrogens is 266 g/mol.